The Balaban J connectivity index is 2.66. The van der Waals surface area contributed by atoms with Crippen LogP contribution in [0.1, 0.15) is 25.7 Å². The highest BCUT2D eigenvalue weighted by Crippen LogP contribution is 2.32. The molecule has 1 aromatic carbocycles. The average molecular weight is 361 g/mol. The SMILES string of the molecule is O=S(=O)(NCCCCCCO)c1c(Cl)cc(Cl)cc1Cl. The van der Waals surface area contributed by atoms with Crippen LogP contribution in [-0.4, -0.2) is 26.7 Å². The molecule has 0 unspecified atom stereocenters. The number of halogens is 3. The van der Waals surface area contributed by atoms with Gasteiger partial charge in [0.1, 0.15) is 4.90 Å². The summed E-state index contributed by atoms with van der Waals surface area (Å²) in [5.41, 5.74) is 0. The second-order valence-electron chi connectivity index (χ2n) is 4.23. The minimum absolute atomic E-state index is 0.00437. The molecule has 114 valence electrons. The van der Waals surface area contributed by atoms with Gasteiger partial charge < -0.3 is 5.11 Å². The van der Waals surface area contributed by atoms with E-state index < -0.39 is 10.0 Å². The summed E-state index contributed by atoms with van der Waals surface area (Å²) in [6, 6.07) is 2.68. The molecule has 0 heterocycles. The average Bonchev–Trinajstić information content (AvgIpc) is 2.31. The predicted octanol–water partition coefficient (Wildman–Crippen LogP) is 3.48. The maximum absolute atomic E-state index is 12.1. The number of rotatable bonds is 8. The summed E-state index contributed by atoms with van der Waals surface area (Å²) >= 11 is 17.5. The Bertz CT molecular complexity index is 526. The second-order valence-corrected chi connectivity index (χ2v) is 7.19. The maximum Gasteiger partial charge on any atom is 0.243 e. The van der Waals surface area contributed by atoms with Gasteiger partial charge in [-0.1, -0.05) is 47.6 Å². The Labute approximate surface area is 134 Å². The first kappa shape index (κ1) is 18.0. The van der Waals surface area contributed by atoms with Crippen LogP contribution in [0.5, 0.6) is 0 Å². The van der Waals surface area contributed by atoms with Crippen molar-refractivity contribution in [3.63, 3.8) is 0 Å². The lowest BCUT2D eigenvalue weighted by molar-refractivity contribution is 0.282. The molecular formula is C12H16Cl3NO3S. The van der Waals surface area contributed by atoms with E-state index in [1.165, 1.54) is 12.1 Å². The van der Waals surface area contributed by atoms with Crippen molar-refractivity contribution < 1.29 is 13.5 Å². The second kappa shape index (κ2) is 8.41. The summed E-state index contributed by atoms with van der Waals surface area (Å²) in [6.07, 6.45) is 3.11. The van der Waals surface area contributed by atoms with Gasteiger partial charge in [-0.25, -0.2) is 13.1 Å². The van der Waals surface area contributed by atoms with E-state index in [1.807, 2.05) is 0 Å². The van der Waals surface area contributed by atoms with E-state index in [0.29, 0.717) is 13.0 Å². The molecular weight excluding hydrogens is 345 g/mol. The lowest BCUT2D eigenvalue weighted by Crippen LogP contribution is -2.25. The van der Waals surface area contributed by atoms with E-state index in [0.717, 1.165) is 19.3 Å². The van der Waals surface area contributed by atoms with Crippen LogP contribution >= 0.6 is 34.8 Å². The summed E-state index contributed by atoms with van der Waals surface area (Å²) in [6.45, 7) is 0.449. The molecule has 0 radical (unpaired) electrons. The van der Waals surface area contributed by atoms with Crippen LogP contribution in [0.4, 0.5) is 0 Å². The topological polar surface area (TPSA) is 66.4 Å². The van der Waals surface area contributed by atoms with Gasteiger partial charge in [-0.2, -0.15) is 0 Å². The Hall–Kier alpha value is -0.0400. The highest BCUT2D eigenvalue weighted by atomic mass is 35.5. The van der Waals surface area contributed by atoms with Gasteiger partial charge in [-0.3, -0.25) is 0 Å². The van der Waals surface area contributed by atoms with Crippen molar-refractivity contribution in [1.82, 2.24) is 4.72 Å². The zero-order valence-electron chi connectivity index (χ0n) is 10.7. The van der Waals surface area contributed by atoms with Crippen molar-refractivity contribution in [2.24, 2.45) is 0 Å². The Morgan fingerprint density at radius 1 is 1.00 bits per heavy atom. The first-order valence-corrected chi connectivity index (χ1v) is 8.75. The van der Waals surface area contributed by atoms with Crippen LogP contribution < -0.4 is 4.72 Å². The van der Waals surface area contributed by atoms with Crippen LogP contribution in [0, 0.1) is 0 Å². The number of nitrogens with one attached hydrogen (secondary N) is 1. The highest BCUT2D eigenvalue weighted by molar-refractivity contribution is 7.89. The van der Waals surface area contributed by atoms with Gasteiger partial charge in [0, 0.05) is 18.2 Å². The first-order chi connectivity index (χ1) is 9.38. The van der Waals surface area contributed by atoms with Gasteiger partial charge in [0.25, 0.3) is 0 Å². The summed E-state index contributed by atoms with van der Waals surface area (Å²) in [4.78, 5) is -0.152. The Kier molecular flexibility index (Phi) is 7.58. The molecule has 0 aromatic heterocycles. The molecule has 0 fully saturated rings. The lowest BCUT2D eigenvalue weighted by Gasteiger charge is -2.10. The van der Waals surface area contributed by atoms with Crippen molar-refractivity contribution in [3.05, 3.63) is 27.2 Å². The van der Waals surface area contributed by atoms with Crippen LogP contribution in [-0.2, 0) is 10.0 Å². The van der Waals surface area contributed by atoms with Gasteiger partial charge in [-0.05, 0) is 25.0 Å². The molecule has 0 aliphatic heterocycles. The zero-order valence-corrected chi connectivity index (χ0v) is 13.8. The molecule has 1 aromatic rings. The largest absolute Gasteiger partial charge is 0.396 e. The third kappa shape index (κ3) is 5.39. The van der Waals surface area contributed by atoms with Crippen molar-refractivity contribution in [1.29, 1.82) is 0 Å². The summed E-state index contributed by atoms with van der Waals surface area (Å²) in [5, 5.41) is 8.90. The minimum Gasteiger partial charge on any atom is -0.396 e. The molecule has 0 saturated carbocycles. The number of sulfonamides is 1. The molecule has 0 saturated heterocycles. The van der Waals surface area contributed by atoms with Gasteiger partial charge in [0.05, 0.1) is 10.0 Å². The van der Waals surface area contributed by atoms with Gasteiger partial charge in [-0.15, -0.1) is 0 Å². The molecule has 0 amide bonds. The number of hydrogen-bond acceptors (Lipinski definition) is 3. The van der Waals surface area contributed by atoms with Gasteiger partial charge in [0.2, 0.25) is 10.0 Å². The van der Waals surface area contributed by atoms with Crippen molar-refractivity contribution >= 4 is 44.8 Å². The smallest absolute Gasteiger partial charge is 0.243 e. The summed E-state index contributed by atoms with van der Waals surface area (Å²) in [7, 11) is -3.75. The van der Waals surface area contributed by atoms with Crippen molar-refractivity contribution in [2.75, 3.05) is 13.2 Å². The first-order valence-electron chi connectivity index (χ1n) is 6.13. The fourth-order valence-electron chi connectivity index (χ4n) is 1.65. The van der Waals surface area contributed by atoms with Crippen molar-refractivity contribution in [3.8, 4) is 0 Å². The van der Waals surface area contributed by atoms with Crippen LogP contribution in [0.15, 0.2) is 17.0 Å². The van der Waals surface area contributed by atoms with Crippen molar-refractivity contribution in [2.45, 2.75) is 30.6 Å². The van der Waals surface area contributed by atoms with E-state index in [4.69, 9.17) is 39.9 Å². The van der Waals surface area contributed by atoms with Crippen LogP contribution in [0.25, 0.3) is 0 Å². The third-order valence-electron chi connectivity index (χ3n) is 2.61. The zero-order chi connectivity index (χ0) is 15.2. The van der Waals surface area contributed by atoms with E-state index in [2.05, 4.69) is 4.72 Å². The standard InChI is InChI=1S/C12H16Cl3NO3S/c13-9-7-10(14)12(11(15)8-9)20(18,19)16-5-3-1-2-4-6-17/h7-8,16-17H,1-6H2. The fraction of sp³-hybridized carbons (Fsp3) is 0.500. The highest BCUT2D eigenvalue weighted by Gasteiger charge is 2.21. The van der Waals surface area contributed by atoms with E-state index in [-0.39, 0.29) is 26.6 Å². The fourth-order valence-corrected chi connectivity index (χ4v) is 4.27. The van der Waals surface area contributed by atoms with E-state index in [9.17, 15) is 8.42 Å². The molecule has 0 aliphatic rings. The molecule has 20 heavy (non-hydrogen) atoms. The number of aliphatic hydroxyl groups excluding tert-OH is 1. The minimum atomic E-state index is -3.75. The lowest BCUT2D eigenvalue weighted by atomic mass is 10.2. The quantitative estimate of drug-likeness (QED) is 0.698. The Morgan fingerprint density at radius 2 is 1.55 bits per heavy atom. The molecule has 2 N–H and O–H groups in total. The van der Waals surface area contributed by atoms with E-state index in [1.54, 1.807) is 0 Å². The monoisotopic (exact) mass is 359 g/mol. The van der Waals surface area contributed by atoms with Gasteiger partial charge >= 0.3 is 0 Å². The molecule has 4 nitrogen and oxygen atoms in total. The molecule has 0 atom stereocenters. The predicted molar refractivity (Wildman–Crippen MR) is 82.2 cm³/mol. The summed E-state index contributed by atoms with van der Waals surface area (Å²) in [5.74, 6) is 0. The number of aliphatic hydroxyl groups is 1. The van der Waals surface area contributed by atoms with Crippen LogP contribution in [0.3, 0.4) is 0 Å². The third-order valence-corrected chi connectivity index (χ3v) is 5.21. The van der Waals surface area contributed by atoms with Crippen LogP contribution in [0.2, 0.25) is 15.1 Å². The number of unbranched alkanes of at least 4 members (excludes halogenated alkanes) is 3. The molecule has 0 bridgehead atoms. The summed E-state index contributed by atoms with van der Waals surface area (Å²) < 4.78 is 26.7. The van der Waals surface area contributed by atoms with E-state index >= 15 is 0 Å². The molecule has 0 aliphatic carbocycles. The number of hydrogen-bond donors (Lipinski definition) is 2. The van der Waals surface area contributed by atoms with Gasteiger partial charge in [0.15, 0.2) is 0 Å². The molecule has 0 spiro atoms. The maximum atomic E-state index is 12.1. The Morgan fingerprint density at radius 3 is 2.10 bits per heavy atom. The normalized spacial score (nSPS) is 11.8. The number of benzene rings is 1. The molecule has 8 heteroatoms. The molecule has 1 rings (SSSR count).